The van der Waals surface area contributed by atoms with Crippen LogP contribution < -0.4 is 26.3 Å². The first-order valence-electron chi connectivity index (χ1n) is 13.3. The van der Waals surface area contributed by atoms with E-state index in [1.165, 1.54) is 0 Å². The van der Waals surface area contributed by atoms with E-state index in [9.17, 15) is 14.7 Å². The number of ketones is 1. The minimum atomic E-state index is -0.601. The Bertz CT molecular complexity index is 1440. The number of carbonyl (C=O) groups excluding carboxylic acids is 2. The van der Waals surface area contributed by atoms with Crippen LogP contribution in [0.3, 0.4) is 0 Å². The number of aliphatic imine (C=N–C) groups is 1. The Labute approximate surface area is 234 Å². The maximum Gasteiger partial charge on any atom is 0.255 e. The third kappa shape index (κ3) is 6.36. The van der Waals surface area contributed by atoms with Gasteiger partial charge in [0.15, 0.2) is 11.7 Å². The minimum absolute atomic E-state index is 0.00559. The van der Waals surface area contributed by atoms with E-state index in [1.54, 1.807) is 43.3 Å². The van der Waals surface area contributed by atoms with Crippen molar-refractivity contribution in [3.63, 3.8) is 0 Å². The zero-order chi connectivity index (χ0) is 29.0. The molecule has 3 aromatic carbocycles. The number of rotatable bonds is 9. The van der Waals surface area contributed by atoms with E-state index >= 15 is 0 Å². The molecule has 6 N–H and O–H groups in total. The fourth-order valence-corrected chi connectivity index (χ4v) is 4.88. The first-order chi connectivity index (χ1) is 19.0. The number of anilines is 1. The maximum absolute atomic E-state index is 13.0. The van der Waals surface area contributed by atoms with Gasteiger partial charge in [-0.3, -0.25) is 9.59 Å². The van der Waals surface area contributed by atoms with Crippen molar-refractivity contribution in [3.8, 4) is 17.2 Å². The molecule has 0 saturated carbocycles. The number of nitrogens with one attached hydrogen (secondary N) is 1. The van der Waals surface area contributed by atoms with Crippen LogP contribution in [0.25, 0.3) is 0 Å². The van der Waals surface area contributed by atoms with Crippen molar-refractivity contribution in [3.05, 3.63) is 76.3 Å². The van der Waals surface area contributed by atoms with Gasteiger partial charge in [0, 0.05) is 16.8 Å². The second kappa shape index (κ2) is 11.7. The van der Waals surface area contributed by atoms with Crippen molar-refractivity contribution in [2.24, 2.45) is 16.5 Å². The molecule has 1 aliphatic rings. The monoisotopic (exact) mass is 544 g/mol. The van der Waals surface area contributed by atoms with Gasteiger partial charge in [-0.05, 0) is 107 Å². The van der Waals surface area contributed by atoms with Crippen LogP contribution in [0.15, 0.2) is 53.5 Å². The summed E-state index contributed by atoms with van der Waals surface area (Å²) in [7, 11) is 0. The number of nitrogens with zero attached hydrogens (tertiary/aromatic N) is 1. The molecule has 1 amide bonds. The van der Waals surface area contributed by atoms with Crippen LogP contribution in [0.4, 0.5) is 11.4 Å². The quantitative estimate of drug-likeness (QED) is 0.159. The van der Waals surface area contributed by atoms with Crippen molar-refractivity contribution in [1.82, 2.24) is 0 Å². The van der Waals surface area contributed by atoms with Gasteiger partial charge in [0.05, 0.1) is 24.3 Å². The summed E-state index contributed by atoms with van der Waals surface area (Å²) >= 11 is 0. The Kier molecular flexibility index (Phi) is 8.32. The molecule has 0 aromatic heterocycles. The van der Waals surface area contributed by atoms with Gasteiger partial charge in [-0.15, -0.1) is 0 Å². The van der Waals surface area contributed by atoms with Gasteiger partial charge in [0.2, 0.25) is 0 Å². The molecule has 0 radical (unpaired) electrons. The lowest BCUT2D eigenvalue weighted by Crippen LogP contribution is -2.40. The molecule has 4 rings (SSSR count). The molecule has 0 bridgehead atoms. The van der Waals surface area contributed by atoms with Gasteiger partial charge >= 0.3 is 0 Å². The van der Waals surface area contributed by atoms with E-state index in [0.29, 0.717) is 52.6 Å². The summed E-state index contributed by atoms with van der Waals surface area (Å²) in [6, 6.07) is 13.8. The summed E-state index contributed by atoms with van der Waals surface area (Å²) in [5, 5.41) is 13.2. The second-order valence-electron chi connectivity index (χ2n) is 10.4. The molecule has 9 heteroatoms. The highest BCUT2D eigenvalue weighted by Crippen LogP contribution is 2.44. The van der Waals surface area contributed by atoms with Gasteiger partial charge in [-0.2, -0.15) is 0 Å². The molecule has 1 unspecified atom stereocenters. The smallest absolute Gasteiger partial charge is 0.255 e. The van der Waals surface area contributed by atoms with Crippen LogP contribution in [0.5, 0.6) is 17.2 Å². The zero-order valence-electron chi connectivity index (χ0n) is 23.3. The van der Waals surface area contributed by atoms with Crippen LogP contribution in [0.2, 0.25) is 0 Å². The molecular weight excluding hydrogens is 508 g/mol. The molecule has 1 atom stereocenters. The summed E-state index contributed by atoms with van der Waals surface area (Å²) in [5.74, 6) is 1.17. The number of ether oxygens (including phenoxy) is 2. The van der Waals surface area contributed by atoms with Crippen molar-refractivity contribution >= 4 is 29.0 Å². The summed E-state index contributed by atoms with van der Waals surface area (Å²) in [6.45, 7) is 7.96. The Balaban J connectivity index is 1.25. The minimum Gasteiger partial charge on any atom is -0.507 e. The van der Waals surface area contributed by atoms with Gasteiger partial charge in [0.25, 0.3) is 5.91 Å². The summed E-state index contributed by atoms with van der Waals surface area (Å²) in [4.78, 5) is 29.4. The summed E-state index contributed by atoms with van der Waals surface area (Å²) in [6.07, 6.45) is 2.60. The number of hydrogen-bond acceptors (Lipinski definition) is 6. The number of hydrogen-bond donors (Lipinski definition) is 4. The van der Waals surface area contributed by atoms with Crippen LogP contribution in [0.1, 0.15) is 70.0 Å². The molecule has 9 nitrogen and oxygen atoms in total. The molecule has 0 aliphatic carbocycles. The molecule has 0 fully saturated rings. The Hall–Kier alpha value is -4.53. The van der Waals surface area contributed by atoms with Gasteiger partial charge < -0.3 is 31.4 Å². The standard InChI is InChI=1S/C31H36N4O5/c1-18-19(2)28-26(20(3)27(18)37)25(36)17-31(4,40-28)15-5-6-16-39-24-13-11-22(12-14-24)34-29(38)21-7-9-23(10-8-21)35-30(32)33/h7-14,37H,5-6,15-17H2,1-4H3,(H,34,38)(H4,32,33,35). The average molecular weight is 545 g/mol. The van der Waals surface area contributed by atoms with Crippen molar-refractivity contribution in [2.45, 2.75) is 59.0 Å². The molecular formula is C31H36N4O5. The molecule has 3 aromatic rings. The number of amides is 1. The maximum atomic E-state index is 13.0. The lowest BCUT2D eigenvalue weighted by atomic mass is 9.84. The molecule has 0 spiro atoms. The molecule has 40 heavy (non-hydrogen) atoms. The van der Waals surface area contributed by atoms with Gasteiger partial charge in [-0.1, -0.05) is 0 Å². The molecule has 0 saturated heterocycles. The Morgan fingerprint density at radius 1 is 1.02 bits per heavy atom. The van der Waals surface area contributed by atoms with Crippen LogP contribution >= 0.6 is 0 Å². The first-order valence-corrected chi connectivity index (χ1v) is 13.3. The van der Waals surface area contributed by atoms with Gasteiger partial charge in [-0.25, -0.2) is 4.99 Å². The number of phenolic OH excluding ortho intramolecular Hbond substituents is 1. The SMILES string of the molecule is Cc1c(C)c2c(c(C)c1O)C(=O)CC(C)(CCCCOc1ccc(NC(=O)c3ccc(N=C(N)N)cc3)cc1)O2. The third-order valence-electron chi connectivity index (χ3n) is 7.25. The van der Waals surface area contributed by atoms with E-state index in [0.717, 1.165) is 24.0 Å². The van der Waals surface area contributed by atoms with E-state index in [1.807, 2.05) is 32.9 Å². The second-order valence-corrected chi connectivity index (χ2v) is 10.4. The van der Waals surface area contributed by atoms with Crippen LogP contribution in [0, 0.1) is 20.8 Å². The zero-order valence-corrected chi connectivity index (χ0v) is 23.3. The third-order valence-corrected chi connectivity index (χ3v) is 7.25. The van der Waals surface area contributed by atoms with Gasteiger partial charge in [0.1, 0.15) is 22.8 Å². The summed E-state index contributed by atoms with van der Waals surface area (Å²) in [5.41, 5.74) is 14.5. The Morgan fingerprint density at radius 3 is 2.35 bits per heavy atom. The average Bonchev–Trinajstić information content (AvgIpc) is 2.91. The number of nitrogens with two attached hydrogens (primary N) is 2. The Morgan fingerprint density at radius 2 is 1.70 bits per heavy atom. The largest absolute Gasteiger partial charge is 0.507 e. The number of carbonyl (C=O) groups is 2. The number of benzene rings is 3. The van der Waals surface area contributed by atoms with Crippen molar-refractivity contribution in [1.29, 1.82) is 0 Å². The van der Waals surface area contributed by atoms with Crippen LogP contribution in [-0.4, -0.2) is 35.0 Å². The fourth-order valence-electron chi connectivity index (χ4n) is 4.88. The number of phenols is 1. The number of guanidine groups is 1. The number of Topliss-reactive ketones (excluding diaryl/α,β-unsaturated/α-hetero) is 1. The van der Waals surface area contributed by atoms with Crippen molar-refractivity contribution in [2.75, 3.05) is 11.9 Å². The van der Waals surface area contributed by atoms with E-state index in [-0.39, 0.29) is 29.8 Å². The van der Waals surface area contributed by atoms with Crippen LogP contribution in [-0.2, 0) is 0 Å². The molecule has 1 aliphatic heterocycles. The lowest BCUT2D eigenvalue weighted by Gasteiger charge is -2.37. The first kappa shape index (κ1) is 28.5. The summed E-state index contributed by atoms with van der Waals surface area (Å²) < 4.78 is 12.3. The van der Waals surface area contributed by atoms with Crippen molar-refractivity contribution < 1.29 is 24.2 Å². The van der Waals surface area contributed by atoms with E-state index in [2.05, 4.69) is 10.3 Å². The molecule has 210 valence electrons. The highest BCUT2D eigenvalue weighted by Gasteiger charge is 2.39. The molecule has 1 heterocycles. The normalized spacial score (nSPS) is 16.1. The van der Waals surface area contributed by atoms with E-state index < -0.39 is 5.60 Å². The number of fused-ring (bicyclic) bond motifs is 1. The lowest BCUT2D eigenvalue weighted by molar-refractivity contribution is 0.0439. The number of unbranched alkanes of at least 4 members (excludes halogenated alkanes) is 1. The predicted octanol–water partition coefficient (Wildman–Crippen LogP) is 5.45. The highest BCUT2D eigenvalue weighted by atomic mass is 16.5. The topological polar surface area (TPSA) is 149 Å². The number of aromatic hydroxyl groups is 1. The highest BCUT2D eigenvalue weighted by molar-refractivity contribution is 6.04. The fraction of sp³-hybridized carbons (Fsp3) is 0.323. The predicted molar refractivity (Wildman–Crippen MR) is 156 cm³/mol. The van der Waals surface area contributed by atoms with E-state index in [4.69, 9.17) is 20.9 Å².